The molecule has 4 nitrogen and oxygen atoms in total. The Morgan fingerprint density at radius 1 is 1.21 bits per heavy atom. The molecule has 0 bridgehead atoms. The van der Waals surface area contributed by atoms with E-state index in [1.165, 1.54) is 7.11 Å². The van der Waals surface area contributed by atoms with Crippen molar-refractivity contribution in [1.29, 1.82) is 0 Å². The van der Waals surface area contributed by atoms with E-state index in [1.54, 1.807) is 37.3 Å². The largest absolute Gasteiger partial charge is 0.489 e. The summed E-state index contributed by atoms with van der Waals surface area (Å²) in [6.45, 7) is 1.67. The molecule has 1 aliphatic rings. The monoisotopic (exact) mass is 344 g/mol. The van der Waals surface area contributed by atoms with Gasteiger partial charge in [0, 0.05) is 10.6 Å². The van der Waals surface area contributed by atoms with Gasteiger partial charge in [-0.3, -0.25) is 0 Å². The maximum Gasteiger partial charge on any atom is 0.337 e. The Morgan fingerprint density at radius 3 is 2.54 bits per heavy atom. The SMILES string of the molecule is COC(=O)C1=C(C)c2ccccc2OCC1(O)c1ccc(Cl)cc1. The molecule has 0 aromatic heterocycles. The highest BCUT2D eigenvalue weighted by Gasteiger charge is 2.43. The average molecular weight is 345 g/mol. The second-order valence-electron chi connectivity index (χ2n) is 5.64. The quantitative estimate of drug-likeness (QED) is 0.846. The number of ether oxygens (including phenoxy) is 2. The molecule has 0 fully saturated rings. The predicted molar refractivity (Wildman–Crippen MR) is 91.9 cm³/mol. The molecule has 124 valence electrons. The minimum absolute atomic E-state index is 0.104. The van der Waals surface area contributed by atoms with Gasteiger partial charge in [0.1, 0.15) is 12.4 Å². The lowest BCUT2D eigenvalue weighted by Crippen LogP contribution is -2.38. The van der Waals surface area contributed by atoms with Crippen molar-refractivity contribution >= 4 is 23.1 Å². The summed E-state index contributed by atoms with van der Waals surface area (Å²) in [4.78, 5) is 12.5. The standard InChI is InChI=1S/C19H17ClO4/c1-12-15-5-3-4-6-16(15)24-11-19(22,17(12)18(21)23-2)13-7-9-14(20)10-8-13/h3-10,22H,11H2,1-2H3. The molecule has 5 heteroatoms. The number of aliphatic hydroxyl groups is 1. The van der Waals surface area contributed by atoms with Gasteiger partial charge in [0.15, 0.2) is 5.60 Å². The molecule has 1 atom stereocenters. The van der Waals surface area contributed by atoms with Crippen LogP contribution in [0, 0.1) is 0 Å². The van der Waals surface area contributed by atoms with Gasteiger partial charge in [0.25, 0.3) is 0 Å². The number of carbonyl (C=O) groups is 1. The van der Waals surface area contributed by atoms with E-state index < -0.39 is 11.6 Å². The third-order valence-corrected chi connectivity index (χ3v) is 4.48. The van der Waals surface area contributed by atoms with Gasteiger partial charge in [-0.15, -0.1) is 0 Å². The van der Waals surface area contributed by atoms with E-state index in [-0.39, 0.29) is 12.2 Å². The van der Waals surface area contributed by atoms with Crippen LogP contribution >= 0.6 is 11.6 Å². The zero-order valence-electron chi connectivity index (χ0n) is 13.4. The normalized spacial score (nSPS) is 20.0. The molecule has 2 aromatic rings. The number of carbonyl (C=O) groups excluding carboxylic acids is 1. The van der Waals surface area contributed by atoms with Crippen molar-refractivity contribution in [3.63, 3.8) is 0 Å². The van der Waals surface area contributed by atoms with E-state index in [4.69, 9.17) is 21.1 Å². The fourth-order valence-corrected chi connectivity index (χ4v) is 3.10. The molecule has 1 unspecified atom stereocenters. The number of benzene rings is 2. The molecule has 24 heavy (non-hydrogen) atoms. The minimum atomic E-state index is -1.64. The van der Waals surface area contributed by atoms with Gasteiger partial charge in [-0.25, -0.2) is 4.79 Å². The van der Waals surface area contributed by atoms with Crippen LogP contribution in [-0.4, -0.2) is 24.8 Å². The van der Waals surface area contributed by atoms with Crippen LogP contribution in [0.25, 0.3) is 5.57 Å². The molecule has 0 radical (unpaired) electrons. The van der Waals surface area contributed by atoms with E-state index >= 15 is 0 Å². The van der Waals surface area contributed by atoms with Gasteiger partial charge in [-0.2, -0.15) is 0 Å². The Kier molecular flexibility index (Phi) is 4.35. The molecule has 1 N–H and O–H groups in total. The predicted octanol–water partition coefficient (Wildman–Crippen LogP) is 3.57. The van der Waals surface area contributed by atoms with Gasteiger partial charge in [0.05, 0.1) is 12.7 Å². The first-order valence-electron chi connectivity index (χ1n) is 7.47. The number of allylic oxidation sites excluding steroid dienone is 1. The van der Waals surface area contributed by atoms with E-state index in [0.29, 0.717) is 21.9 Å². The first-order valence-corrected chi connectivity index (χ1v) is 7.85. The summed E-state index contributed by atoms with van der Waals surface area (Å²) in [6.07, 6.45) is 0. The number of methoxy groups -OCH3 is 1. The maximum absolute atomic E-state index is 12.5. The van der Waals surface area contributed by atoms with Crippen LogP contribution in [0.1, 0.15) is 18.1 Å². The van der Waals surface area contributed by atoms with Gasteiger partial charge in [-0.05, 0) is 36.3 Å². The molecule has 1 heterocycles. The Hall–Kier alpha value is -2.30. The highest BCUT2D eigenvalue weighted by Crippen LogP contribution is 2.41. The lowest BCUT2D eigenvalue weighted by molar-refractivity contribution is -0.139. The number of para-hydroxylation sites is 1. The molecule has 0 saturated carbocycles. The summed E-state index contributed by atoms with van der Waals surface area (Å²) < 4.78 is 10.7. The lowest BCUT2D eigenvalue weighted by atomic mass is 9.83. The molecular weight excluding hydrogens is 328 g/mol. The van der Waals surface area contributed by atoms with Gasteiger partial charge < -0.3 is 14.6 Å². The van der Waals surface area contributed by atoms with Crippen LogP contribution in [0.5, 0.6) is 5.75 Å². The fraction of sp³-hybridized carbons (Fsp3) is 0.211. The first kappa shape index (κ1) is 16.6. The topological polar surface area (TPSA) is 55.8 Å². The van der Waals surface area contributed by atoms with Crippen molar-refractivity contribution in [2.24, 2.45) is 0 Å². The van der Waals surface area contributed by atoms with Gasteiger partial charge in [-0.1, -0.05) is 41.9 Å². The summed E-state index contributed by atoms with van der Waals surface area (Å²) in [5, 5.41) is 11.9. The number of hydrogen-bond acceptors (Lipinski definition) is 4. The molecule has 0 spiro atoms. The Morgan fingerprint density at radius 2 is 1.88 bits per heavy atom. The number of halogens is 1. The van der Waals surface area contributed by atoms with Crippen LogP contribution in [0.15, 0.2) is 54.1 Å². The minimum Gasteiger partial charge on any atom is -0.489 e. The van der Waals surface area contributed by atoms with Gasteiger partial charge >= 0.3 is 5.97 Å². The van der Waals surface area contributed by atoms with E-state index in [9.17, 15) is 9.90 Å². The summed E-state index contributed by atoms with van der Waals surface area (Å²) >= 11 is 5.94. The zero-order valence-corrected chi connectivity index (χ0v) is 14.1. The molecule has 1 aliphatic heterocycles. The number of esters is 1. The maximum atomic E-state index is 12.5. The van der Waals surface area contributed by atoms with Crippen LogP contribution < -0.4 is 4.74 Å². The smallest absolute Gasteiger partial charge is 0.337 e. The second kappa shape index (κ2) is 6.30. The molecular formula is C19H17ClO4. The van der Waals surface area contributed by atoms with Crippen molar-refractivity contribution in [1.82, 2.24) is 0 Å². The van der Waals surface area contributed by atoms with Gasteiger partial charge in [0.2, 0.25) is 0 Å². The van der Waals surface area contributed by atoms with Crippen molar-refractivity contribution in [2.75, 3.05) is 13.7 Å². The Balaban J connectivity index is 2.25. The van der Waals surface area contributed by atoms with Crippen LogP contribution in [0.3, 0.4) is 0 Å². The second-order valence-corrected chi connectivity index (χ2v) is 6.08. The van der Waals surface area contributed by atoms with Crippen LogP contribution in [0.4, 0.5) is 0 Å². The first-order chi connectivity index (χ1) is 11.5. The lowest BCUT2D eigenvalue weighted by Gasteiger charge is -2.29. The number of rotatable bonds is 2. The fourth-order valence-electron chi connectivity index (χ4n) is 2.98. The third kappa shape index (κ3) is 2.68. The van der Waals surface area contributed by atoms with Crippen LogP contribution in [0.2, 0.25) is 5.02 Å². The highest BCUT2D eigenvalue weighted by atomic mass is 35.5. The Bertz CT molecular complexity index is 810. The molecule has 0 saturated heterocycles. The average Bonchev–Trinajstić information content (AvgIpc) is 2.71. The highest BCUT2D eigenvalue weighted by molar-refractivity contribution is 6.30. The molecule has 0 aliphatic carbocycles. The molecule has 2 aromatic carbocycles. The third-order valence-electron chi connectivity index (χ3n) is 4.23. The Labute approximate surface area is 145 Å². The summed E-state index contributed by atoms with van der Waals surface area (Å²) in [7, 11) is 1.29. The summed E-state index contributed by atoms with van der Waals surface area (Å²) in [5.74, 6) is 0.0199. The van der Waals surface area contributed by atoms with E-state index in [2.05, 4.69) is 0 Å². The van der Waals surface area contributed by atoms with Crippen molar-refractivity contribution < 1.29 is 19.4 Å². The zero-order chi connectivity index (χ0) is 17.3. The van der Waals surface area contributed by atoms with E-state index in [0.717, 1.165) is 5.56 Å². The van der Waals surface area contributed by atoms with Crippen molar-refractivity contribution in [3.8, 4) is 5.75 Å². The molecule has 0 amide bonds. The summed E-state index contributed by atoms with van der Waals surface area (Å²) in [6, 6.07) is 14.0. The number of hydrogen-bond donors (Lipinski definition) is 1. The number of fused-ring (bicyclic) bond motifs is 1. The summed E-state index contributed by atoms with van der Waals surface area (Å²) in [5.41, 5.74) is 0.410. The van der Waals surface area contributed by atoms with Crippen molar-refractivity contribution in [2.45, 2.75) is 12.5 Å². The van der Waals surface area contributed by atoms with E-state index in [1.807, 2.05) is 18.2 Å². The molecule has 3 rings (SSSR count). The van der Waals surface area contributed by atoms with Crippen molar-refractivity contribution in [3.05, 3.63) is 70.3 Å². The van der Waals surface area contributed by atoms with Crippen LogP contribution in [-0.2, 0) is 15.1 Å².